The molecule has 148 valence electrons. The van der Waals surface area contributed by atoms with Crippen LogP contribution in [0.25, 0.3) is 0 Å². The van der Waals surface area contributed by atoms with Gasteiger partial charge >= 0.3 is 0 Å². The minimum Gasteiger partial charge on any atom is -0.454 e. The fourth-order valence-electron chi connectivity index (χ4n) is 3.75. The second-order valence-corrected chi connectivity index (χ2v) is 9.67. The number of carbonyl (C=O) groups excluding carboxylic acids is 1. The van der Waals surface area contributed by atoms with E-state index < -0.39 is 15.9 Å². The number of fused-ring (bicyclic) bond motifs is 2. The van der Waals surface area contributed by atoms with Crippen LogP contribution >= 0.6 is 11.6 Å². The van der Waals surface area contributed by atoms with Gasteiger partial charge in [0.05, 0.1) is 16.3 Å². The number of anilines is 1. The summed E-state index contributed by atoms with van der Waals surface area (Å²) >= 11 is 6.33. The molecule has 0 saturated heterocycles. The number of aryl methyl sites for hydroxylation is 1. The van der Waals surface area contributed by atoms with Crippen LogP contribution in [-0.2, 0) is 10.0 Å². The maximum atomic E-state index is 13.2. The first kappa shape index (κ1) is 19.2. The molecule has 1 N–H and O–H groups in total. The molecule has 1 amide bonds. The molecule has 0 bridgehead atoms. The van der Waals surface area contributed by atoms with E-state index in [9.17, 15) is 13.2 Å². The Balaban J connectivity index is 1.77. The minimum atomic E-state index is -3.83. The Bertz CT molecular complexity index is 1060. The molecule has 1 heterocycles. The standard InChI is InChI=1S/C20H21ClN2O4S/c1-12-7-8-17-16(9-12)22-20(24)14-10-19(15(21)11-18(14)27-17)28(25,26)23(2)13-5-3-4-6-13/h7-11,13H,3-6H2,1-2H3,(H,22,24). The summed E-state index contributed by atoms with van der Waals surface area (Å²) in [6, 6.07) is 8.09. The van der Waals surface area contributed by atoms with E-state index in [0.29, 0.717) is 11.4 Å². The Labute approximate surface area is 169 Å². The van der Waals surface area contributed by atoms with Crippen LogP contribution < -0.4 is 10.1 Å². The lowest BCUT2D eigenvalue weighted by Crippen LogP contribution is -2.35. The third-order valence-corrected chi connectivity index (χ3v) is 7.75. The molecule has 2 aliphatic rings. The van der Waals surface area contributed by atoms with Crippen LogP contribution in [0.1, 0.15) is 41.6 Å². The molecule has 0 atom stereocenters. The van der Waals surface area contributed by atoms with Crippen LogP contribution in [0.15, 0.2) is 35.2 Å². The van der Waals surface area contributed by atoms with Crippen LogP contribution in [0.3, 0.4) is 0 Å². The van der Waals surface area contributed by atoms with Crippen LogP contribution in [0.2, 0.25) is 5.02 Å². The maximum absolute atomic E-state index is 13.2. The van der Waals surface area contributed by atoms with Crippen molar-refractivity contribution in [3.05, 3.63) is 46.5 Å². The molecule has 0 unspecified atom stereocenters. The Morgan fingerprint density at radius 2 is 1.86 bits per heavy atom. The highest BCUT2D eigenvalue weighted by atomic mass is 35.5. The molecule has 28 heavy (non-hydrogen) atoms. The molecule has 4 rings (SSSR count). The number of amides is 1. The molecular weight excluding hydrogens is 400 g/mol. The molecule has 0 spiro atoms. The van der Waals surface area contributed by atoms with Gasteiger partial charge in [-0.1, -0.05) is 30.5 Å². The zero-order valence-electron chi connectivity index (χ0n) is 15.7. The average Bonchev–Trinajstić information content (AvgIpc) is 3.13. The van der Waals surface area contributed by atoms with E-state index in [4.69, 9.17) is 16.3 Å². The number of nitrogens with one attached hydrogen (secondary N) is 1. The van der Waals surface area contributed by atoms with Gasteiger partial charge in [0.2, 0.25) is 10.0 Å². The van der Waals surface area contributed by atoms with E-state index in [2.05, 4.69) is 5.32 Å². The van der Waals surface area contributed by atoms with Gasteiger partial charge in [0, 0.05) is 19.2 Å². The molecule has 1 aliphatic heterocycles. The molecule has 1 saturated carbocycles. The first-order valence-electron chi connectivity index (χ1n) is 9.19. The van der Waals surface area contributed by atoms with Gasteiger partial charge in [-0.3, -0.25) is 4.79 Å². The molecule has 1 aliphatic carbocycles. The molecule has 2 aromatic rings. The highest BCUT2D eigenvalue weighted by molar-refractivity contribution is 7.89. The van der Waals surface area contributed by atoms with Gasteiger partial charge in [0.15, 0.2) is 5.75 Å². The number of halogens is 1. The first-order chi connectivity index (χ1) is 13.3. The van der Waals surface area contributed by atoms with Gasteiger partial charge in [0.1, 0.15) is 10.6 Å². The smallest absolute Gasteiger partial charge is 0.259 e. The summed E-state index contributed by atoms with van der Waals surface area (Å²) in [5.41, 5.74) is 1.63. The van der Waals surface area contributed by atoms with Gasteiger partial charge < -0.3 is 10.1 Å². The first-order valence-corrected chi connectivity index (χ1v) is 11.0. The van der Waals surface area contributed by atoms with Crippen LogP contribution in [-0.4, -0.2) is 31.7 Å². The quantitative estimate of drug-likeness (QED) is 0.789. The fourth-order valence-corrected chi connectivity index (χ4v) is 5.68. The van der Waals surface area contributed by atoms with Gasteiger partial charge in [-0.05, 0) is 43.5 Å². The Hall–Kier alpha value is -2.09. The number of benzene rings is 2. The zero-order chi connectivity index (χ0) is 20.1. The Morgan fingerprint density at radius 1 is 1.14 bits per heavy atom. The van der Waals surface area contributed by atoms with E-state index in [1.807, 2.05) is 13.0 Å². The zero-order valence-corrected chi connectivity index (χ0v) is 17.2. The SMILES string of the molecule is Cc1ccc2c(c1)NC(=O)c1cc(S(=O)(=O)N(C)C3CCCC3)c(Cl)cc1O2. The van der Waals surface area contributed by atoms with Crippen molar-refractivity contribution in [2.24, 2.45) is 0 Å². The van der Waals surface area contributed by atoms with Crippen LogP contribution in [0.4, 0.5) is 5.69 Å². The van der Waals surface area contributed by atoms with Crippen molar-refractivity contribution in [3.63, 3.8) is 0 Å². The summed E-state index contributed by atoms with van der Waals surface area (Å²) in [4.78, 5) is 12.7. The number of carbonyl (C=O) groups is 1. The summed E-state index contributed by atoms with van der Waals surface area (Å²) in [6.45, 7) is 1.91. The molecule has 2 aromatic carbocycles. The predicted octanol–water partition coefficient (Wildman–Crippen LogP) is 4.57. The average molecular weight is 421 g/mol. The molecule has 6 nitrogen and oxygen atoms in total. The summed E-state index contributed by atoms with van der Waals surface area (Å²) in [5, 5.41) is 2.82. The van der Waals surface area contributed by atoms with Gasteiger partial charge in [0.25, 0.3) is 5.91 Å². The number of ether oxygens (including phenoxy) is 1. The van der Waals surface area contributed by atoms with Crippen molar-refractivity contribution >= 4 is 33.2 Å². The number of rotatable bonds is 3. The normalized spacial score (nSPS) is 16.9. The van der Waals surface area contributed by atoms with Gasteiger partial charge in [-0.15, -0.1) is 0 Å². The number of hydrogen-bond acceptors (Lipinski definition) is 4. The topological polar surface area (TPSA) is 75.7 Å². The third kappa shape index (κ3) is 3.27. The van der Waals surface area contributed by atoms with E-state index in [1.165, 1.54) is 16.4 Å². The second-order valence-electron chi connectivity index (χ2n) is 7.29. The van der Waals surface area contributed by atoms with Crippen molar-refractivity contribution in [2.75, 3.05) is 12.4 Å². The maximum Gasteiger partial charge on any atom is 0.259 e. The largest absolute Gasteiger partial charge is 0.454 e. The van der Waals surface area contributed by atoms with E-state index in [0.717, 1.165) is 31.2 Å². The molecule has 8 heteroatoms. The van der Waals surface area contributed by atoms with Crippen molar-refractivity contribution in [3.8, 4) is 11.5 Å². The van der Waals surface area contributed by atoms with E-state index in [-0.39, 0.29) is 27.3 Å². The van der Waals surface area contributed by atoms with Crippen molar-refractivity contribution in [1.29, 1.82) is 0 Å². The van der Waals surface area contributed by atoms with Gasteiger partial charge in [-0.2, -0.15) is 4.31 Å². The second kappa shape index (κ2) is 7.06. The summed E-state index contributed by atoms with van der Waals surface area (Å²) in [5.74, 6) is 0.274. The van der Waals surface area contributed by atoms with Crippen molar-refractivity contribution in [2.45, 2.75) is 43.5 Å². The molecule has 0 aromatic heterocycles. The highest BCUT2D eigenvalue weighted by Gasteiger charge is 2.33. The van der Waals surface area contributed by atoms with Crippen molar-refractivity contribution < 1.29 is 17.9 Å². The number of hydrogen-bond donors (Lipinski definition) is 1. The predicted molar refractivity (Wildman–Crippen MR) is 108 cm³/mol. The fraction of sp³-hybridized carbons (Fsp3) is 0.350. The lowest BCUT2D eigenvalue weighted by molar-refractivity contribution is 0.102. The molecule has 1 fully saturated rings. The Kier molecular flexibility index (Phi) is 4.85. The van der Waals surface area contributed by atoms with Crippen LogP contribution in [0.5, 0.6) is 11.5 Å². The highest BCUT2D eigenvalue weighted by Crippen LogP contribution is 2.40. The van der Waals surface area contributed by atoms with Crippen molar-refractivity contribution in [1.82, 2.24) is 4.31 Å². The minimum absolute atomic E-state index is 0.0342. The molecular formula is C20H21ClN2O4S. The number of nitrogens with zero attached hydrogens (tertiary/aromatic N) is 1. The number of sulfonamides is 1. The summed E-state index contributed by atoms with van der Waals surface area (Å²) < 4.78 is 33.5. The summed E-state index contributed by atoms with van der Waals surface area (Å²) in [7, 11) is -2.26. The molecule has 0 radical (unpaired) electrons. The van der Waals surface area contributed by atoms with E-state index >= 15 is 0 Å². The lowest BCUT2D eigenvalue weighted by Gasteiger charge is -2.24. The third-order valence-electron chi connectivity index (χ3n) is 5.38. The Morgan fingerprint density at radius 3 is 2.57 bits per heavy atom. The lowest BCUT2D eigenvalue weighted by atomic mass is 10.2. The van der Waals surface area contributed by atoms with Crippen LogP contribution in [0, 0.1) is 6.92 Å². The monoisotopic (exact) mass is 420 g/mol. The summed E-state index contributed by atoms with van der Waals surface area (Å²) in [6.07, 6.45) is 3.68. The van der Waals surface area contributed by atoms with Gasteiger partial charge in [-0.25, -0.2) is 8.42 Å². The van der Waals surface area contributed by atoms with E-state index in [1.54, 1.807) is 19.2 Å².